The molecule has 1 heterocycles. The molecule has 0 aliphatic heterocycles. The summed E-state index contributed by atoms with van der Waals surface area (Å²) in [7, 11) is 1.56. The Morgan fingerprint density at radius 3 is 2.42 bits per heavy atom. The van der Waals surface area contributed by atoms with E-state index in [-0.39, 0.29) is 23.8 Å². The molecule has 10 heteroatoms. The highest BCUT2D eigenvalue weighted by atomic mass is 32.1. The third-order valence-corrected chi connectivity index (χ3v) is 6.26. The van der Waals surface area contributed by atoms with Gasteiger partial charge in [0.05, 0.1) is 42.9 Å². The van der Waals surface area contributed by atoms with Crippen molar-refractivity contribution in [3.8, 4) is 11.8 Å². The molecule has 0 aliphatic rings. The quantitative estimate of drug-likeness (QED) is 0.270. The number of methoxy groups -OCH3 is 1. The van der Waals surface area contributed by atoms with E-state index < -0.39 is 11.7 Å². The number of benzene rings is 3. The van der Waals surface area contributed by atoms with Gasteiger partial charge < -0.3 is 19.5 Å². The smallest absolute Gasteiger partial charge is 0.416 e. The van der Waals surface area contributed by atoms with Crippen LogP contribution in [0.2, 0.25) is 0 Å². The standard InChI is InChI=1S/C28H24F3N5OS/c1-37-25-12-10-23(11-13-25)34-27(38)35(17-22-4-2-3-5-26(22)28(29,30)31)18-24-15-33-19-36(24)16-21-8-6-20(14-32)7-9-21/h2-13,15,19H,16-18H2,1H3,(H,34,38). The van der Waals surface area contributed by atoms with Crippen LogP contribution in [0.1, 0.15) is 27.9 Å². The molecule has 0 spiro atoms. The maximum absolute atomic E-state index is 13.7. The average molecular weight is 536 g/mol. The molecule has 38 heavy (non-hydrogen) atoms. The molecule has 0 saturated heterocycles. The zero-order valence-electron chi connectivity index (χ0n) is 20.4. The van der Waals surface area contributed by atoms with Crippen LogP contribution in [0.4, 0.5) is 18.9 Å². The Bertz CT molecular complexity index is 1430. The molecule has 0 aliphatic carbocycles. The normalized spacial score (nSPS) is 11.0. The summed E-state index contributed by atoms with van der Waals surface area (Å²) in [5, 5.41) is 12.4. The Morgan fingerprint density at radius 1 is 1.05 bits per heavy atom. The predicted octanol–water partition coefficient (Wildman–Crippen LogP) is 6.23. The minimum Gasteiger partial charge on any atom is -0.497 e. The number of alkyl halides is 3. The largest absolute Gasteiger partial charge is 0.497 e. The van der Waals surface area contributed by atoms with E-state index in [9.17, 15) is 13.2 Å². The maximum Gasteiger partial charge on any atom is 0.416 e. The minimum absolute atomic E-state index is 0.0697. The lowest BCUT2D eigenvalue weighted by Crippen LogP contribution is -2.35. The third kappa shape index (κ3) is 6.69. The molecule has 4 aromatic rings. The number of halogens is 3. The zero-order chi connectivity index (χ0) is 27.1. The zero-order valence-corrected chi connectivity index (χ0v) is 21.3. The van der Waals surface area contributed by atoms with Crippen LogP contribution in [0.5, 0.6) is 5.75 Å². The van der Waals surface area contributed by atoms with Crippen LogP contribution < -0.4 is 10.1 Å². The van der Waals surface area contributed by atoms with Crippen molar-refractivity contribution < 1.29 is 17.9 Å². The monoisotopic (exact) mass is 535 g/mol. The molecule has 0 saturated carbocycles. The molecule has 0 amide bonds. The molecular weight excluding hydrogens is 511 g/mol. The fraction of sp³-hybridized carbons (Fsp3) is 0.179. The van der Waals surface area contributed by atoms with Gasteiger partial charge in [0.25, 0.3) is 0 Å². The summed E-state index contributed by atoms with van der Waals surface area (Å²) in [6.45, 7) is 0.622. The number of aromatic nitrogens is 2. The van der Waals surface area contributed by atoms with Gasteiger partial charge in [-0.05, 0) is 65.8 Å². The highest BCUT2D eigenvalue weighted by molar-refractivity contribution is 7.80. The Hall–Kier alpha value is -4.36. The number of nitriles is 1. The van der Waals surface area contributed by atoms with Gasteiger partial charge in [-0.3, -0.25) is 0 Å². The molecule has 0 fully saturated rings. The van der Waals surface area contributed by atoms with E-state index in [1.807, 2.05) is 16.7 Å². The summed E-state index contributed by atoms with van der Waals surface area (Å²) in [5.41, 5.74) is 2.36. The first-order valence-electron chi connectivity index (χ1n) is 11.6. The van der Waals surface area contributed by atoms with Crippen LogP contribution >= 0.6 is 12.2 Å². The lowest BCUT2D eigenvalue weighted by Gasteiger charge is -2.28. The summed E-state index contributed by atoms with van der Waals surface area (Å²) < 4.78 is 48.3. The molecule has 6 nitrogen and oxygen atoms in total. The number of thiocarbonyl (C=S) groups is 1. The Labute approximate surface area is 223 Å². The van der Waals surface area contributed by atoms with Crippen molar-refractivity contribution in [2.75, 3.05) is 12.4 Å². The third-order valence-electron chi connectivity index (χ3n) is 5.90. The molecule has 194 valence electrons. The number of nitrogens with one attached hydrogen (secondary N) is 1. The van der Waals surface area contributed by atoms with Crippen molar-refractivity contribution >= 4 is 23.0 Å². The average Bonchev–Trinajstić information content (AvgIpc) is 3.35. The topological polar surface area (TPSA) is 66.1 Å². The second-order valence-corrected chi connectivity index (χ2v) is 8.88. The van der Waals surface area contributed by atoms with E-state index in [0.717, 1.165) is 17.3 Å². The fourth-order valence-corrected chi connectivity index (χ4v) is 4.16. The summed E-state index contributed by atoms with van der Waals surface area (Å²) in [4.78, 5) is 5.93. The second kappa shape index (κ2) is 11.8. The maximum atomic E-state index is 13.7. The van der Waals surface area contributed by atoms with E-state index >= 15 is 0 Å². The lowest BCUT2D eigenvalue weighted by atomic mass is 10.1. The van der Waals surface area contributed by atoms with Gasteiger partial charge in [0.15, 0.2) is 5.11 Å². The second-order valence-electron chi connectivity index (χ2n) is 8.49. The number of ether oxygens (including phenoxy) is 1. The Balaban J connectivity index is 1.61. The summed E-state index contributed by atoms with van der Waals surface area (Å²) in [6.07, 6.45) is -1.16. The van der Waals surface area contributed by atoms with Crippen molar-refractivity contribution in [3.05, 3.63) is 113 Å². The van der Waals surface area contributed by atoms with E-state index in [1.165, 1.54) is 12.1 Å². The first-order valence-corrected chi connectivity index (χ1v) is 12.0. The summed E-state index contributed by atoms with van der Waals surface area (Å²) in [6, 6.07) is 21.9. The van der Waals surface area contributed by atoms with Crippen LogP contribution in [-0.2, 0) is 25.8 Å². The van der Waals surface area contributed by atoms with Gasteiger partial charge in [-0.2, -0.15) is 18.4 Å². The summed E-state index contributed by atoms with van der Waals surface area (Å²) in [5.74, 6) is 0.670. The number of anilines is 1. The fourth-order valence-electron chi connectivity index (χ4n) is 3.92. The van der Waals surface area contributed by atoms with Crippen molar-refractivity contribution in [3.63, 3.8) is 0 Å². The van der Waals surface area contributed by atoms with Crippen LogP contribution in [0, 0.1) is 11.3 Å². The van der Waals surface area contributed by atoms with Gasteiger partial charge in [0.2, 0.25) is 0 Å². The van der Waals surface area contributed by atoms with Gasteiger partial charge in [0, 0.05) is 25.0 Å². The molecule has 0 bridgehead atoms. The van der Waals surface area contributed by atoms with E-state index in [1.54, 1.807) is 67.0 Å². The number of hydrogen-bond acceptors (Lipinski definition) is 4. The van der Waals surface area contributed by atoms with Crippen molar-refractivity contribution in [1.82, 2.24) is 14.5 Å². The molecule has 1 N–H and O–H groups in total. The predicted molar refractivity (Wildman–Crippen MR) is 142 cm³/mol. The highest BCUT2D eigenvalue weighted by Gasteiger charge is 2.33. The number of hydrogen-bond donors (Lipinski definition) is 1. The SMILES string of the molecule is COc1ccc(NC(=S)N(Cc2ccccc2C(F)(F)F)Cc2cncn2Cc2ccc(C#N)cc2)cc1. The Morgan fingerprint density at radius 2 is 1.76 bits per heavy atom. The molecule has 1 aromatic heterocycles. The first kappa shape index (κ1) is 26.7. The lowest BCUT2D eigenvalue weighted by molar-refractivity contribution is -0.138. The van der Waals surface area contributed by atoms with Crippen molar-refractivity contribution in [2.45, 2.75) is 25.8 Å². The van der Waals surface area contributed by atoms with Gasteiger partial charge in [-0.25, -0.2) is 4.98 Å². The van der Waals surface area contributed by atoms with Crippen molar-refractivity contribution in [1.29, 1.82) is 5.26 Å². The highest BCUT2D eigenvalue weighted by Crippen LogP contribution is 2.32. The minimum atomic E-state index is -4.50. The van der Waals surface area contributed by atoms with Gasteiger partial charge >= 0.3 is 6.18 Å². The molecule has 3 aromatic carbocycles. The van der Waals surface area contributed by atoms with Crippen molar-refractivity contribution in [2.24, 2.45) is 0 Å². The van der Waals surface area contributed by atoms with E-state index in [4.69, 9.17) is 22.2 Å². The summed E-state index contributed by atoms with van der Waals surface area (Å²) >= 11 is 5.67. The van der Waals surface area contributed by atoms with E-state index in [2.05, 4.69) is 16.4 Å². The molecule has 0 unspecified atom stereocenters. The molecule has 4 rings (SSSR count). The first-order chi connectivity index (χ1) is 18.3. The van der Waals surface area contributed by atoms with Crippen LogP contribution in [0.15, 0.2) is 85.3 Å². The van der Waals surface area contributed by atoms with Crippen LogP contribution in [-0.4, -0.2) is 26.7 Å². The number of imidazole rings is 1. The van der Waals surface area contributed by atoms with E-state index in [0.29, 0.717) is 23.5 Å². The molecule has 0 radical (unpaired) electrons. The Kier molecular flexibility index (Phi) is 8.28. The molecular formula is C28H24F3N5OS. The van der Waals surface area contributed by atoms with Gasteiger partial charge in [-0.15, -0.1) is 0 Å². The van der Waals surface area contributed by atoms with Gasteiger partial charge in [0.1, 0.15) is 5.75 Å². The number of rotatable bonds is 8. The molecule has 0 atom stereocenters. The van der Waals surface area contributed by atoms with Crippen LogP contribution in [0.3, 0.4) is 0 Å². The van der Waals surface area contributed by atoms with Crippen LogP contribution in [0.25, 0.3) is 0 Å². The van der Waals surface area contributed by atoms with Gasteiger partial charge in [-0.1, -0.05) is 30.3 Å². The number of nitrogens with zero attached hydrogens (tertiary/aromatic N) is 4.